The predicted molar refractivity (Wildman–Crippen MR) is 126 cm³/mol. The summed E-state index contributed by atoms with van der Waals surface area (Å²) >= 11 is 3.54. The summed E-state index contributed by atoms with van der Waals surface area (Å²) in [5.74, 6) is 0. The lowest BCUT2D eigenvalue weighted by Crippen LogP contribution is -2.22. The third-order valence-corrected chi connectivity index (χ3v) is 7.00. The molecule has 3 aromatic heterocycles. The van der Waals surface area contributed by atoms with Crippen LogP contribution in [-0.4, -0.2) is 39.2 Å². The molecule has 4 rings (SSSR count). The van der Waals surface area contributed by atoms with Gasteiger partial charge in [0.2, 0.25) is 0 Å². The number of hydrogen-bond acceptors (Lipinski definition) is 4. The van der Waals surface area contributed by atoms with Gasteiger partial charge in [0.15, 0.2) is 5.65 Å². The van der Waals surface area contributed by atoms with Crippen LogP contribution >= 0.6 is 15.9 Å². The van der Waals surface area contributed by atoms with E-state index in [9.17, 15) is 0 Å². The topological polar surface area (TPSA) is 57.8 Å². The van der Waals surface area contributed by atoms with Gasteiger partial charge in [0.05, 0.1) is 12.7 Å². The summed E-state index contributed by atoms with van der Waals surface area (Å²) in [7, 11) is -1.12. The van der Waals surface area contributed by atoms with Crippen LogP contribution in [0.25, 0.3) is 22.3 Å². The van der Waals surface area contributed by atoms with E-state index in [0.29, 0.717) is 6.73 Å². The lowest BCUT2D eigenvalue weighted by atomic mass is 10.2. The fourth-order valence-corrected chi connectivity index (χ4v) is 4.30. The Labute approximate surface area is 186 Å². The molecule has 0 radical (unpaired) electrons. The van der Waals surface area contributed by atoms with Gasteiger partial charge in [0.1, 0.15) is 12.4 Å². The summed E-state index contributed by atoms with van der Waals surface area (Å²) < 4.78 is 10.6. The Morgan fingerprint density at radius 3 is 2.67 bits per heavy atom. The Balaban J connectivity index is 1.59. The summed E-state index contributed by atoms with van der Waals surface area (Å²) in [4.78, 5) is 4.58. The van der Waals surface area contributed by atoms with Crippen molar-refractivity contribution in [3.05, 3.63) is 65.0 Å². The molecular formula is C22H26BrN5OSi. The summed E-state index contributed by atoms with van der Waals surface area (Å²) in [6.45, 7) is 8.92. The van der Waals surface area contributed by atoms with Gasteiger partial charge in [-0.1, -0.05) is 50.0 Å². The molecule has 8 heteroatoms. The molecule has 0 fully saturated rings. The first-order chi connectivity index (χ1) is 14.4. The Morgan fingerprint density at radius 2 is 1.90 bits per heavy atom. The van der Waals surface area contributed by atoms with E-state index < -0.39 is 8.07 Å². The number of halogens is 1. The van der Waals surface area contributed by atoms with Crippen molar-refractivity contribution in [2.45, 2.75) is 39.0 Å². The molecule has 0 aliphatic carbocycles. The van der Waals surface area contributed by atoms with Gasteiger partial charge in [-0.15, -0.1) is 0 Å². The maximum absolute atomic E-state index is 5.93. The fraction of sp³-hybridized carbons (Fsp3) is 0.318. The fourth-order valence-electron chi connectivity index (χ4n) is 3.21. The van der Waals surface area contributed by atoms with E-state index in [-0.39, 0.29) is 0 Å². The second kappa shape index (κ2) is 8.83. The molecule has 4 aromatic rings. The van der Waals surface area contributed by atoms with Crippen molar-refractivity contribution in [2.75, 3.05) is 6.61 Å². The Bertz CT molecular complexity index is 1130. The van der Waals surface area contributed by atoms with Crippen LogP contribution < -0.4 is 0 Å². The van der Waals surface area contributed by atoms with E-state index in [1.54, 1.807) is 6.20 Å². The van der Waals surface area contributed by atoms with E-state index in [2.05, 4.69) is 63.9 Å². The average Bonchev–Trinajstić information content (AvgIpc) is 3.29. The van der Waals surface area contributed by atoms with Gasteiger partial charge in [-0.2, -0.15) is 10.2 Å². The second-order valence-corrected chi connectivity index (χ2v) is 15.2. The van der Waals surface area contributed by atoms with Gasteiger partial charge in [0.25, 0.3) is 0 Å². The number of fused-ring (bicyclic) bond motifs is 1. The minimum Gasteiger partial charge on any atom is -0.359 e. The highest BCUT2D eigenvalue weighted by Gasteiger charge is 2.17. The average molecular weight is 484 g/mol. The number of hydrogen-bond donors (Lipinski definition) is 0. The molecule has 3 heterocycles. The van der Waals surface area contributed by atoms with E-state index in [1.807, 2.05) is 40.0 Å². The number of aromatic nitrogens is 5. The predicted octanol–water partition coefficient (Wildman–Crippen LogP) is 5.42. The van der Waals surface area contributed by atoms with Crippen LogP contribution in [0.1, 0.15) is 5.56 Å². The first-order valence-electron chi connectivity index (χ1n) is 10.1. The summed E-state index contributed by atoms with van der Waals surface area (Å²) in [6, 6.07) is 13.5. The maximum Gasteiger partial charge on any atom is 0.160 e. The third kappa shape index (κ3) is 5.06. The van der Waals surface area contributed by atoms with Gasteiger partial charge in [-0.05, 0) is 33.6 Å². The Morgan fingerprint density at radius 1 is 1.10 bits per heavy atom. The van der Waals surface area contributed by atoms with Crippen LogP contribution in [0.3, 0.4) is 0 Å². The molecule has 0 unspecified atom stereocenters. The largest absolute Gasteiger partial charge is 0.359 e. The highest BCUT2D eigenvalue weighted by Crippen LogP contribution is 2.29. The summed E-state index contributed by atoms with van der Waals surface area (Å²) in [5.41, 5.74) is 3.86. The molecule has 0 saturated heterocycles. The van der Waals surface area contributed by atoms with Gasteiger partial charge >= 0.3 is 0 Å². The van der Waals surface area contributed by atoms with Crippen molar-refractivity contribution >= 4 is 35.0 Å². The van der Waals surface area contributed by atoms with E-state index >= 15 is 0 Å². The quantitative estimate of drug-likeness (QED) is 0.248. The summed E-state index contributed by atoms with van der Waals surface area (Å²) in [6.07, 6.45) is 5.69. The molecule has 0 N–H and O–H groups in total. The number of ether oxygens (including phenoxy) is 1. The minimum absolute atomic E-state index is 0.397. The Kier molecular flexibility index (Phi) is 6.17. The number of nitrogens with zero attached hydrogens (tertiary/aromatic N) is 5. The van der Waals surface area contributed by atoms with E-state index in [0.717, 1.165) is 46.0 Å². The molecule has 1 aromatic carbocycles. The molecule has 0 spiro atoms. The lowest BCUT2D eigenvalue weighted by Gasteiger charge is -2.15. The molecule has 6 nitrogen and oxygen atoms in total. The van der Waals surface area contributed by atoms with Crippen LogP contribution in [0.4, 0.5) is 0 Å². The SMILES string of the molecule is C[Si](C)(C)CCOCn1nc(-c2cnn(Cc3ccccc3)c2)c2cc(Br)cnc21. The first-order valence-corrected chi connectivity index (χ1v) is 14.6. The van der Waals surface area contributed by atoms with Crippen LogP contribution in [0, 0.1) is 0 Å². The van der Waals surface area contributed by atoms with Gasteiger partial charge in [-0.3, -0.25) is 4.68 Å². The maximum atomic E-state index is 5.93. The van der Waals surface area contributed by atoms with Crippen LogP contribution in [0.5, 0.6) is 0 Å². The van der Waals surface area contributed by atoms with Crippen LogP contribution in [0.15, 0.2) is 59.5 Å². The van der Waals surface area contributed by atoms with Gasteiger partial charge in [0, 0.05) is 42.5 Å². The molecule has 0 bridgehead atoms. The number of rotatable bonds is 8. The zero-order valence-electron chi connectivity index (χ0n) is 17.5. The van der Waals surface area contributed by atoms with Crippen molar-refractivity contribution < 1.29 is 4.74 Å². The molecule has 156 valence electrons. The van der Waals surface area contributed by atoms with Crippen molar-refractivity contribution in [1.29, 1.82) is 0 Å². The minimum atomic E-state index is -1.12. The van der Waals surface area contributed by atoms with Crippen molar-refractivity contribution in [3.63, 3.8) is 0 Å². The Hall–Kier alpha value is -2.29. The molecule has 30 heavy (non-hydrogen) atoms. The molecule has 0 saturated carbocycles. The smallest absolute Gasteiger partial charge is 0.160 e. The highest BCUT2D eigenvalue weighted by atomic mass is 79.9. The molecular weight excluding hydrogens is 458 g/mol. The molecule has 0 aliphatic heterocycles. The molecule has 0 atom stereocenters. The van der Waals surface area contributed by atoms with Crippen molar-refractivity contribution in [2.24, 2.45) is 0 Å². The van der Waals surface area contributed by atoms with Gasteiger partial charge < -0.3 is 4.74 Å². The standard InChI is InChI=1S/C22H26BrN5OSi/c1-30(2,3)10-9-29-16-28-22-20(11-19(23)13-24-22)21(26-28)18-12-25-27(15-18)14-17-7-5-4-6-8-17/h4-8,11-13,15H,9-10,14,16H2,1-3H3. The van der Waals surface area contributed by atoms with E-state index in [1.165, 1.54) is 5.56 Å². The van der Waals surface area contributed by atoms with E-state index in [4.69, 9.17) is 9.84 Å². The van der Waals surface area contributed by atoms with Crippen LogP contribution in [-0.2, 0) is 18.0 Å². The number of benzene rings is 1. The second-order valence-electron chi connectivity index (χ2n) is 8.63. The molecule has 0 aliphatic rings. The van der Waals surface area contributed by atoms with Crippen LogP contribution in [0.2, 0.25) is 25.7 Å². The first kappa shape index (κ1) is 21.0. The zero-order valence-corrected chi connectivity index (χ0v) is 20.1. The van der Waals surface area contributed by atoms with Crippen molar-refractivity contribution in [1.82, 2.24) is 24.5 Å². The van der Waals surface area contributed by atoms with Gasteiger partial charge in [-0.25, -0.2) is 9.67 Å². The highest BCUT2D eigenvalue weighted by molar-refractivity contribution is 9.10. The zero-order chi connectivity index (χ0) is 21.1. The normalized spacial score (nSPS) is 12.0. The summed E-state index contributed by atoms with van der Waals surface area (Å²) in [5, 5.41) is 10.3. The third-order valence-electron chi connectivity index (χ3n) is 4.86. The van der Waals surface area contributed by atoms with Crippen molar-refractivity contribution in [3.8, 4) is 11.3 Å². The monoisotopic (exact) mass is 483 g/mol. The number of pyridine rings is 1. The molecule has 0 amide bonds. The lowest BCUT2D eigenvalue weighted by molar-refractivity contribution is 0.0814.